The normalized spacial score (nSPS) is 11.8. The Morgan fingerprint density at radius 3 is 2.30 bits per heavy atom. The van der Waals surface area contributed by atoms with E-state index in [0.717, 1.165) is 18.2 Å². The minimum absolute atomic E-state index is 0.325. The smallest absolute Gasteiger partial charge is 0.545 e. The molecule has 0 bridgehead atoms. The molecule has 0 saturated heterocycles. The summed E-state index contributed by atoms with van der Waals surface area (Å²) in [5.74, 6) is -2.55. The van der Waals surface area contributed by atoms with Crippen LogP contribution < -0.4 is 14.6 Å². The molecule has 0 unspecified atom stereocenters. The van der Waals surface area contributed by atoms with Gasteiger partial charge in [0.25, 0.3) is 0 Å². The molecule has 0 aliphatic heterocycles. The third kappa shape index (κ3) is 4.49. The fraction of sp³-hybridized carbons (Fsp3) is 0.308. The van der Waals surface area contributed by atoms with Crippen molar-refractivity contribution < 1.29 is 32.5 Å². The van der Waals surface area contributed by atoms with Crippen LogP contribution in [0, 0.1) is 0 Å². The number of carboxylic acids is 1. The SMILES string of the molecule is C=CC(C)(C)Oc1cc(C(=O)[O-])ccc1OC(F)(F)F. The molecule has 0 N–H and O–H groups in total. The highest BCUT2D eigenvalue weighted by molar-refractivity contribution is 5.86. The van der Waals surface area contributed by atoms with Gasteiger partial charge in [0.1, 0.15) is 5.60 Å². The van der Waals surface area contributed by atoms with Gasteiger partial charge in [0.05, 0.1) is 5.97 Å². The number of alkyl halides is 3. The molecule has 0 aromatic heterocycles. The van der Waals surface area contributed by atoms with Crippen LogP contribution in [-0.2, 0) is 0 Å². The molecule has 1 aromatic carbocycles. The van der Waals surface area contributed by atoms with Crippen molar-refractivity contribution in [3.05, 3.63) is 36.4 Å². The summed E-state index contributed by atoms with van der Waals surface area (Å²) in [5.41, 5.74) is -1.33. The zero-order valence-corrected chi connectivity index (χ0v) is 10.8. The van der Waals surface area contributed by atoms with Crippen LogP contribution in [0.2, 0.25) is 0 Å². The van der Waals surface area contributed by atoms with Crippen LogP contribution in [0.1, 0.15) is 24.2 Å². The molecule has 0 heterocycles. The Kier molecular flexibility index (Phi) is 4.32. The number of halogens is 3. The average Bonchev–Trinajstić information content (AvgIpc) is 2.29. The first-order chi connectivity index (χ1) is 9.04. The molecule has 0 saturated carbocycles. The van der Waals surface area contributed by atoms with Gasteiger partial charge in [-0.1, -0.05) is 6.58 Å². The van der Waals surface area contributed by atoms with Crippen LogP contribution >= 0.6 is 0 Å². The summed E-state index contributed by atoms with van der Waals surface area (Å²) in [6.45, 7) is 6.56. The van der Waals surface area contributed by atoms with Gasteiger partial charge in [0.15, 0.2) is 11.5 Å². The monoisotopic (exact) mass is 289 g/mol. The Morgan fingerprint density at radius 1 is 1.25 bits per heavy atom. The molecule has 0 amide bonds. The molecule has 0 spiro atoms. The maximum atomic E-state index is 12.3. The molecular formula is C13H12F3O4-. The number of aromatic carboxylic acids is 1. The number of rotatable bonds is 5. The predicted octanol–water partition coefficient (Wildman–Crippen LogP) is 2.29. The molecule has 1 aromatic rings. The Bertz CT molecular complexity index is 521. The highest BCUT2D eigenvalue weighted by atomic mass is 19.4. The highest BCUT2D eigenvalue weighted by Crippen LogP contribution is 2.35. The van der Waals surface area contributed by atoms with Crippen molar-refractivity contribution in [2.75, 3.05) is 0 Å². The van der Waals surface area contributed by atoms with Gasteiger partial charge in [0, 0.05) is 5.56 Å². The van der Waals surface area contributed by atoms with E-state index in [1.807, 2.05) is 0 Å². The number of ether oxygens (including phenoxy) is 2. The van der Waals surface area contributed by atoms with Crippen molar-refractivity contribution in [2.24, 2.45) is 0 Å². The molecule has 0 fully saturated rings. The Balaban J connectivity index is 3.23. The maximum Gasteiger partial charge on any atom is 0.573 e. The Hall–Kier alpha value is -2.18. The largest absolute Gasteiger partial charge is 0.573 e. The topological polar surface area (TPSA) is 58.6 Å². The fourth-order valence-corrected chi connectivity index (χ4v) is 1.25. The van der Waals surface area contributed by atoms with Gasteiger partial charge in [-0.25, -0.2) is 0 Å². The van der Waals surface area contributed by atoms with E-state index in [-0.39, 0.29) is 11.3 Å². The fourth-order valence-electron chi connectivity index (χ4n) is 1.25. The number of carbonyl (C=O) groups excluding carboxylic acids is 1. The van der Waals surface area contributed by atoms with Crippen molar-refractivity contribution in [1.29, 1.82) is 0 Å². The number of hydrogen-bond acceptors (Lipinski definition) is 4. The third-order valence-electron chi connectivity index (χ3n) is 2.27. The van der Waals surface area contributed by atoms with E-state index in [1.165, 1.54) is 6.08 Å². The van der Waals surface area contributed by atoms with Crippen molar-refractivity contribution in [1.82, 2.24) is 0 Å². The van der Waals surface area contributed by atoms with Gasteiger partial charge in [-0.2, -0.15) is 0 Å². The summed E-state index contributed by atoms with van der Waals surface area (Å²) in [4.78, 5) is 10.7. The zero-order valence-electron chi connectivity index (χ0n) is 10.8. The second-order valence-electron chi connectivity index (χ2n) is 4.41. The predicted molar refractivity (Wildman–Crippen MR) is 62.4 cm³/mol. The van der Waals surface area contributed by atoms with E-state index in [2.05, 4.69) is 11.3 Å². The molecule has 0 aliphatic rings. The molecule has 4 nitrogen and oxygen atoms in total. The number of carbonyl (C=O) groups is 1. The summed E-state index contributed by atoms with van der Waals surface area (Å²) in [6.07, 6.45) is -3.56. The van der Waals surface area contributed by atoms with Gasteiger partial charge in [-0.3, -0.25) is 0 Å². The maximum absolute atomic E-state index is 12.3. The molecule has 0 atom stereocenters. The van der Waals surface area contributed by atoms with Crippen molar-refractivity contribution >= 4 is 5.97 Å². The Morgan fingerprint density at radius 2 is 1.85 bits per heavy atom. The van der Waals surface area contributed by atoms with E-state index in [1.54, 1.807) is 13.8 Å². The van der Waals surface area contributed by atoms with Gasteiger partial charge < -0.3 is 19.4 Å². The van der Waals surface area contributed by atoms with Crippen LogP contribution in [0.3, 0.4) is 0 Å². The average molecular weight is 289 g/mol. The summed E-state index contributed by atoms with van der Waals surface area (Å²) in [7, 11) is 0. The molecule has 0 aliphatic carbocycles. The summed E-state index contributed by atoms with van der Waals surface area (Å²) in [6, 6.07) is 2.69. The molecule has 110 valence electrons. The van der Waals surface area contributed by atoms with Gasteiger partial charge >= 0.3 is 6.36 Å². The van der Waals surface area contributed by atoms with Gasteiger partial charge in [-0.15, -0.1) is 13.2 Å². The van der Waals surface area contributed by atoms with E-state index in [9.17, 15) is 23.1 Å². The minimum atomic E-state index is -4.92. The number of carboxylic acid groups (broad SMARTS) is 1. The van der Waals surface area contributed by atoms with E-state index in [0.29, 0.717) is 0 Å². The van der Waals surface area contributed by atoms with Gasteiger partial charge in [0.2, 0.25) is 0 Å². The first-order valence-corrected chi connectivity index (χ1v) is 5.48. The lowest BCUT2D eigenvalue weighted by atomic mass is 10.1. The van der Waals surface area contributed by atoms with Crippen LogP contribution in [0.25, 0.3) is 0 Å². The van der Waals surface area contributed by atoms with E-state index >= 15 is 0 Å². The van der Waals surface area contributed by atoms with Crippen molar-refractivity contribution in [2.45, 2.75) is 25.8 Å². The minimum Gasteiger partial charge on any atom is -0.545 e. The van der Waals surface area contributed by atoms with E-state index in [4.69, 9.17) is 4.74 Å². The van der Waals surface area contributed by atoms with Crippen LogP contribution in [0.5, 0.6) is 11.5 Å². The quantitative estimate of drug-likeness (QED) is 0.780. The number of benzene rings is 1. The summed E-state index contributed by atoms with van der Waals surface area (Å²) >= 11 is 0. The second kappa shape index (κ2) is 5.44. The molecule has 20 heavy (non-hydrogen) atoms. The number of hydrogen-bond donors (Lipinski definition) is 0. The molecule has 0 radical (unpaired) electrons. The highest BCUT2D eigenvalue weighted by Gasteiger charge is 2.33. The van der Waals surface area contributed by atoms with Crippen LogP contribution in [0.4, 0.5) is 13.2 Å². The first kappa shape index (κ1) is 15.9. The second-order valence-corrected chi connectivity index (χ2v) is 4.41. The summed E-state index contributed by atoms with van der Waals surface area (Å²) in [5, 5.41) is 10.7. The molecular weight excluding hydrogens is 277 g/mol. The van der Waals surface area contributed by atoms with Crippen LogP contribution in [-0.4, -0.2) is 17.9 Å². The lowest BCUT2D eigenvalue weighted by Gasteiger charge is -2.24. The zero-order chi connectivity index (χ0) is 15.6. The van der Waals surface area contributed by atoms with Crippen molar-refractivity contribution in [3.8, 4) is 11.5 Å². The summed E-state index contributed by atoms with van der Waals surface area (Å²) < 4.78 is 45.9. The van der Waals surface area contributed by atoms with Crippen LogP contribution in [0.15, 0.2) is 30.9 Å². The lowest BCUT2D eigenvalue weighted by molar-refractivity contribution is -0.275. The third-order valence-corrected chi connectivity index (χ3v) is 2.27. The molecule has 7 heteroatoms. The van der Waals surface area contributed by atoms with E-state index < -0.39 is 23.7 Å². The van der Waals surface area contributed by atoms with Crippen molar-refractivity contribution in [3.63, 3.8) is 0 Å². The molecule has 1 rings (SSSR count). The standard InChI is InChI=1S/C13H13F3O4/c1-4-12(2,3)19-10-7-8(11(17)18)5-6-9(10)20-13(14,15)16/h4-7H,1H2,2-3H3,(H,17,18)/p-1. The lowest BCUT2D eigenvalue weighted by Crippen LogP contribution is -2.27. The van der Waals surface area contributed by atoms with Gasteiger partial charge in [-0.05, 0) is 38.1 Å². The first-order valence-electron chi connectivity index (χ1n) is 5.48. The Labute approximate surface area is 113 Å².